The molecule has 1 aromatic rings. The Hall–Kier alpha value is -1.13. The zero-order valence-corrected chi connectivity index (χ0v) is 9.72. The van der Waals surface area contributed by atoms with Gasteiger partial charge in [0.25, 0.3) is 5.56 Å². The van der Waals surface area contributed by atoms with E-state index in [0.29, 0.717) is 0 Å². The van der Waals surface area contributed by atoms with Gasteiger partial charge >= 0.3 is 0 Å². The summed E-state index contributed by atoms with van der Waals surface area (Å²) in [6, 6.07) is 5.56. The summed E-state index contributed by atoms with van der Waals surface area (Å²) < 4.78 is 1.81. The van der Waals surface area contributed by atoms with Crippen LogP contribution >= 0.6 is 0 Å². The van der Waals surface area contributed by atoms with Gasteiger partial charge in [0, 0.05) is 51.0 Å². The molecule has 1 N–H and O–H groups in total. The SMILES string of the molecule is CC(CN1CCNCC1)n1ccccc1=O. The highest BCUT2D eigenvalue weighted by Crippen LogP contribution is 2.05. The molecule has 0 radical (unpaired) electrons. The minimum atomic E-state index is 0.0881. The van der Waals surface area contributed by atoms with Crippen molar-refractivity contribution in [1.82, 2.24) is 14.8 Å². The van der Waals surface area contributed by atoms with Crippen LogP contribution in [-0.4, -0.2) is 42.2 Å². The van der Waals surface area contributed by atoms with Gasteiger partial charge in [0.15, 0.2) is 0 Å². The molecule has 0 bridgehead atoms. The van der Waals surface area contributed by atoms with Crippen LogP contribution in [0.15, 0.2) is 29.2 Å². The molecule has 1 atom stereocenters. The Morgan fingerprint density at radius 2 is 2.12 bits per heavy atom. The third kappa shape index (κ3) is 2.71. The van der Waals surface area contributed by atoms with Gasteiger partial charge in [0.2, 0.25) is 0 Å². The summed E-state index contributed by atoms with van der Waals surface area (Å²) >= 11 is 0. The predicted octanol–water partition coefficient (Wildman–Crippen LogP) is 0.314. The van der Waals surface area contributed by atoms with E-state index in [9.17, 15) is 4.79 Å². The Morgan fingerprint density at radius 3 is 2.81 bits per heavy atom. The highest BCUT2D eigenvalue weighted by molar-refractivity contribution is 4.95. The quantitative estimate of drug-likeness (QED) is 0.798. The van der Waals surface area contributed by atoms with E-state index in [2.05, 4.69) is 17.1 Å². The van der Waals surface area contributed by atoms with Gasteiger partial charge in [-0.3, -0.25) is 9.69 Å². The fourth-order valence-corrected chi connectivity index (χ4v) is 2.16. The molecule has 0 saturated carbocycles. The highest BCUT2D eigenvalue weighted by atomic mass is 16.1. The first-order chi connectivity index (χ1) is 7.77. The van der Waals surface area contributed by atoms with E-state index in [4.69, 9.17) is 0 Å². The van der Waals surface area contributed by atoms with Crippen molar-refractivity contribution in [3.05, 3.63) is 34.7 Å². The van der Waals surface area contributed by atoms with E-state index in [1.54, 1.807) is 12.1 Å². The first kappa shape index (κ1) is 11.4. The third-order valence-corrected chi connectivity index (χ3v) is 3.06. The van der Waals surface area contributed by atoms with Gasteiger partial charge in [-0.15, -0.1) is 0 Å². The van der Waals surface area contributed by atoms with Gasteiger partial charge in [-0.2, -0.15) is 0 Å². The standard InChI is InChI=1S/C12H19N3O/c1-11(10-14-8-5-13-6-9-14)15-7-3-2-4-12(15)16/h2-4,7,11,13H,5-6,8-10H2,1H3. The van der Waals surface area contributed by atoms with Gasteiger partial charge in [0.05, 0.1) is 0 Å². The normalized spacial score (nSPS) is 19.6. The van der Waals surface area contributed by atoms with Crippen LogP contribution in [0, 0.1) is 0 Å². The summed E-state index contributed by atoms with van der Waals surface area (Å²) in [7, 11) is 0. The molecule has 2 rings (SSSR count). The van der Waals surface area contributed by atoms with Crippen molar-refractivity contribution < 1.29 is 0 Å². The molecule has 88 valence electrons. The molecule has 1 aliphatic heterocycles. The smallest absolute Gasteiger partial charge is 0.250 e. The lowest BCUT2D eigenvalue weighted by molar-refractivity contribution is 0.211. The van der Waals surface area contributed by atoms with Crippen molar-refractivity contribution in [2.45, 2.75) is 13.0 Å². The van der Waals surface area contributed by atoms with Crippen molar-refractivity contribution >= 4 is 0 Å². The Morgan fingerprint density at radius 1 is 1.38 bits per heavy atom. The fourth-order valence-electron chi connectivity index (χ4n) is 2.16. The molecular formula is C12H19N3O. The number of nitrogens with one attached hydrogen (secondary N) is 1. The highest BCUT2D eigenvalue weighted by Gasteiger charge is 2.14. The molecule has 16 heavy (non-hydrogen) atoms. The molecule has 0 aromatic carbocycles. The van der Waals surface area contributed by atoms with Crippen LogP contribution < -0.4 is 10.9 Å². The molecule has 2 heterocycles. The number of hydrogen-bond donors (Lipinski definition) is 1. The Bertz CT molecular complexity index is 382. The molecule has 1 aliphatic rings. The second-order valence-corrected chi connectivity index (χ2v) is 4.35. The Labute approximate surface area is 95.9 Å². The van der Waals surface area contributed by atoms with Crippen LogP contribution in [-0.2, 0) is 0 Å². The van der Waals surface area contributed by atoms with Crippen molar-refractivity contribution in [3.63, 3.8) is 0 Å². The number of piperazine rings is 1. The molecule has 1 aromatic heterocycles. The molecule has 0 spiro atoms. The van der Waals surface area contributed by atoms with Gasteiger partial charge in [0.1, 0.15) is 0 Å². The lowest BCUT2D eigenvalue weighted by atomic mass is 10.2. The zero-order valence-electron chi connectivity index (χ0n) is 9.72. The van der Waals surface area contributed by atoms with Gasteiger partial charge in [-0.25, -0.2) is 0 Å². The van der Waals surface area contributed by atoms with E-state index < -0.39 is 0 Å². The first-order valence-corrected chi connectivity index (χ1v) is 5.87. The first-order valence-electron chi connectivity index (χ1n) is 5.87. The maximum absolute atomic E-state index is 11.6. The van der Waals surface area contributed by atoms with E-state index in [1.165, 1.54) is 0 Å². The van der Waals surface area contributed by atoms with Gasteiger partial charge in [-0.1, -0.05) is 6.07 Å². The van der Waals surface area contributed by atoms with Gasteiger partial charge in [-0.05, 0) is 13.0 Å². The average Bonchev–Trinajstić information content (AvgIpc) is 2.31. The Kier molecular flexibility index (Phi) is 3.74. The summed E-state index contributed by atoms with van der Waals surface area (Å²) in [6.07, 6.45) is 1.87. The monoisotopic (exact) mass is 221 g/mol. The van der Waals surface area contributed by atoms with E-state index in [-0.39, 0.29) is 11.6 Å². The second-order valence-electron chi connectivity index (χ2n) is 4.35. The number of aromatic nitrogens is 1. The van der Waals surface area contributed by atoms with Crippen LogP contribution in [0.3, 0.4) is 0 Å². The minimum Gasteiger partial charge on any atom is -0.314 e. The molecule has 0 aliphatic carbocycles. The van der Waals surface area contributed by atoms with Crippen molar-refractivity contribution in [1.29, 1.82) is 0 Å². The minimum absolute atomic E-state index is 0.0881. The number of rotatable bonds is 3. The fraction of sp³-hybridized carbons (Fsp3) is 0.583. The summed E-state index contributed by atoms with van der Waals surface area (Å²) in [5, 5.41) is 3.33. The van der Waals surface area contributed by atoms with Gasteiger partial charge < -0.3 is 9.88 Å². The molecule has 4 heteroatoms. The number of pyridine rings is 1. The lowest BCUT2D eigenvalue weighted by Gasteiger charge is -2.30. The third-order valence-electron chi connectivity index (χ3n) is 3.06. The van der Waals surface area contributed by atoms with Crippen LogP contribution in [0.5, 0.6) is 0 Å². The summed E-state index contributed by atoms with van der Waals surface area (Å²) in [5.74, 6) is 0. The van der Waals surface area contributed by atoms with Crippen LogP contribution in [0.4, 0.5) is 0 Å². The molecular weight excluding hydrogens is 202 g/mol. The van der Waals surface area contributed by atoms with E-state index in [0.717, 1.165) is 32.7 Å². The Balaban J connectivity index is 1.99. The van der Waals surface area contributed by atoms with E-state index in [1.807, 2.05) is 16.8 Å². The molecule has 0 amide bonds. The summed E-state index contributed by atoms with van der Waals surface area (Å²) in [5.41, 5.74) is 0.0881. The molecule has 1 saturated heterocycles. The van der Waals surface area contributed by atoms with Crippen molar-refractivity contribution in [3.8, 4) is 0 Å². The van der Waals surface area contributed by atoms with Crippen LogP contribution in [0.2, 0.25) is 0 Å². The van der Waals surface area contributed by atoms with Crippen LogP contribution in [0.25, 0.3) is 0 Å². The number of hydrogen-bond acceptors (Lipinski definition) is 3. The topological polar surface area (TPSA) is 37.3 Å². The van der Waals surface area contributed by atoms with E-state index >= 15 is 0 Å². The molecule has 1 unspecified atom stereocenters. The predicted molar refractivity (Wildman–Crippen MR) is 64.7 cm³/mol. The van der Waals surface area contributed by atoms with Crippen molar-refractivity contribution in [2.24, 2.45) is 0 Å². The molecule has 1 fully saturated rings. The van der Waals surface area contributed by atoms with Crippen molar-refractivity contribution in [2.75, 3.05) is 32.7 Å². The second kappa shape index (κ2) is 5.27. The average molecular weight is 221 g/mol. The van der Waals surface area contributed by atoms with Crippen LogP contribution in [0.1, 0.15) is 13.0 Å². The zero-order chi connectivity index (χ0) is 11.4. The summed E-state index contributed by atoms with van der Waals surface area (Å²) in [6.45, 7) is 7.31. The molecule has 4 nitrogen and oxygen atoms in total. The largest absolute Gasteiger partial charge is 0.314 e. The maximum Gasteiger partial charge on any atom is 0.250 e. The lowest BCUT2D eigenvalue weighted by Crippen LogP contribution is -2.45. The number of nitrogens with zero attached hydrogens (tertiary/aromatic N) is 2. The maximum atomic E-state index is 11.6. The summed E-state index contributed by atoms with van der Waals surface area (Å²) in [4.78, 5) is 14.0.